The molecule has 7 heteroatoms. The summed E-state index contributed by atoms with van der Waals surface area (Å²) in [6.45, 7) is 0. The molecule has 0 aromatic heterocycles. The number of rotatable bonds is 3. The maximum Gasteiger partial charge on any atom is 0.328 e. The quantitative estimate of drug-likeness (QED) is 0.524. The molecule has 0 spiro atoms. The van der Waals surface area contributed by atoms with Crippen LogP contribution in [0.5, 0.6) is 0 Å². The molecule has 2 unspecified atom stereocenters. The number of β-lactam (4-membered cyclic amide) rings is 1. The van der Waals surface area contributed by atoms with E-state index in [0.717, 1.165) is 6.08 Å². The topological polar surface area (TPSA) is 94.9 Å². The highest BCUT2D eigenvalue weighted by Gasteiger charge is 2.53. The molecule has 0 saturated carbocycles. The number of nitrogens with zero attached hydrogens (tertiary/aromatic N) is 1. The average molecular weight is 243 g/mol. The van der Waals surface area contributed by atoms with Gasteiger partial charge >= 0.3 is 11.9 Å². The highest BCUT2D eigenvalue weighted by molar-refractivity contribution is 8.01. The van der Waals surface area contributed by atoms with Gasteiger partial charge in [0, 0.05) is 6.08 Å². The molecule has 3 atom stereocenters. The molecule has 0 aliphatic carbocycles. The molecule has 2 aliphatic rings. The number of aliphatic carboxylic acids is 2. The van der Waals surface area contributed by atoms with E-state index in [0.29, 0.717) is 6.42 Å². The van der Waals surface area contributed by atoms with Crippen LogP contribution in [-0.4, -0.2) is 49.6 Å². The first-order chi connectivity index (χ1) is 7.50. The zero-order valence-electron chi connectivity index (χ0n) is 8.07. The Bertz CT molecular complexity index is 393. The van der Waals surface area contributed by atoms with Crippen molar-refractivity contribution in [1.82, 2.24) is 4.90 Å². The summed E-state index contributed by atoms with van der Waals surface area (Å²) in [5, 5.41) is 16.9. The van der Waals surface area contributed by atoms with Crippen molar-refractivity contribution >= 4 is 29.6 Å². The van der Waals surface area contributed by atoms with Gasteiger partial charge in [0.05, 0.1) is 17.0 Å². The van der Waals surface area contributed by atoms with E-state index in [1.807, 2.05) is 0 Å². The Balaban J connectivity index is 2.17. The Morgan fingerprint density at radius 3 is 2.62 bits per heavy atom. The fraction of sp³-hybridized carbons (Fsp3) is 0.444. The van der Waals surface area contributed by atoms with Crippen molar-refractivity contribution in [2.45, 2.75) is 23.1 Å². The lowest BCUT2D eigenvalue weighted by Gasteiger charge is -2.35. The lowest BCUT2D eigenvalue weighted by atomic mass is 10.1. The van der Waals surface area contributed by atoms with Crippen LogP contribution < -0.4 is 0 Å². The molecule has 2 heterocycles. The Morgan fingerprint density at radius 1 is 1.44 bits per heavy atom. The minimum atomic E-state index is -1.12. The van der Waals surface area contributed by atoms with Gasteiger partial charge in [-0.1, -0.05) is 6.08 Å². The van der Waals surface area contributed by atoms with Crippen LogP contribution >= 0.6 is 11.8 Å². The van der Waals surface area contributed by atoms with Crippen LogP contribution in [0.4, 0.5) is 0 Å². The van der Waals surface area contributed by atoms with Gasteiger partial charge in [-0.3, -0.25) is 4.79 Å². The van der Waals surface area contributed by atoms with Gasteiger partial charge in [-0.2, -0.15) is 0 Å². The van der Waals surface area contributed by atoms with E-state index in [9.17, 15) is 14.4 Å². The van der Waals surface area contributed by atoms with Crippen molar-refractivity contribution in [2.75, 3.05) is 0 Å². The molecule has 86 valence electrons. The largest absolute Gasteiger partial charge is 0.480 e. The van der Waals surface area contributed by atoms with Gasteiger partial charge in [0.25, 0.3) is 0 Å². The summed E-state index contributed by atoms with van der Waals surface area (Å²) in [5.41, 5.74) is 0. The molecule has 0 aromatic rings. The van der Waals surface area contributed by atoms with Crippen LogP contribution in [0.2, 0.25) is 0 Å². The second-order valence-electron chi connectivity index (χ2n) is 3.54. The summed E-state index contributed by atoms with van der Waals surface area (Å²) in [6.07, 6.45) is 2.59. The lowest BCUT2D eigenvalue weighted by molar-refractivity contribution is -0.155. The molecule has 0 bridgehead atoms. The summed E-state index contributed by atoms with van der Waals surface area (Å²) in [7, 11) is 0. The fourth-order valence-electron chi connectivity index (χ4n) is 1.85. The Labute approximate surface area is 94.9 Å². The molecule has 16 heavy (non-hydrogen) atoms. The number of carboxylic acid groups (broad SMARTS) is 2. The number of hydrogen-bond acceptors (Lipinski definition) is 4. The van der Waals surface area contributed by atoms with Crippen molar-refractivity contribution in [3.05, 3.63) is 12.2 Å². The van der Waals surface area contributed by atoms with Crippen LogP contribution in [0.15, 0.2) is 12.2 Å². The highest BCUT2D eigenvalue weighted by Crippen LogP contribution is 2.44. The number of hydrogen-bond donors (Lipinski definition) is 2. The van der Waals surface area contributed by atoms with Crippen LogP contribution in [0, 0.1) is 0 Å². The first-order valence-corrected chi connectivity index (χ1v) is 5.55. The molecule has 2 rings (SSSR count). The van der Waals surface area contributed by atoms with Crippen molar-refractivity contribution < 1.29 is 24.6 Å². The fourth-order valence-corrected chi connectivity index (χ4v) is 3.40. The second-order valence-corrected chi connectivity index (χ2v) is 4.90. The maximum atomic E-state index is 11.2. The molecule has 0 aromatic carbocycles. The van der Waals surface area contributed by atoms with E-state index in [4.69, 9.17) is 10.2 Å². The van der Waals surface area contributed by atoms with Crippen molar-refractivity contribution in [3.8, 4) is 0 Å². The summed E-state index contributed by atoms with van der Waals surface area (Å²) in [5.74, 6) is -2.40. The Hall–Kier alpha value is -1.50. The molecule has 2 fully saturated rings. The average Bonchev–Trinajstić information content (AvgIpc) is 2.47. The van der Waals surface area contributed by atoms with Gasteiger partial charge < -0.3 is 15.1 Å². The van der Waals surface area contributed by atoms with E-state index in [2.05, 4.69) is 0 Å². The van der Waals surface area contributed by atoms with Crippen LogP contribution in [-0.2, 0) is 14.4 Å². The summed E-state index contributed by atoms with van der Waals surface area (Å²) < 4.78 is 0. The van der Waals surface area contributed by atoms with Crippen LogP contribution in [0.3, 0.4) is 0 Å². The predicted molar refractivity (Wildman–Crippen MR) is 54.8 cm³/mol. The third kappa shape index (κ3) is 1.67. The summed E-state index contributed by atoms with van der Waals surface area (Å²) >= 11 is 1.32. The Kier molecular flexibility index (Phi) is 2.63. The SMILES string of the molecule is O=C(O)/C=C/C1S[C@@H]2CC(=O)N2C1C(=O)O. The van der Waals surface area contributed by atoms with Gasteiger partial charge in [-0.05, 0) is 0 Å². The monoisotopic (exact) mass is 243 g/mol. The van der Waals surface area contributed by atoms with Crippen molar-refractivity contribution in [1.29, 1.82) is 0 Å². The second kappa shape index (κ2) is 3.82. The van der Waals surface area contributed by atoms with E-state index >= 15 is 0 Å². The number of thioether (sulfide) groups is 1. The van der Waals surface area contributed by atoms with Crippen LogP contribution in [0.25, 0.3) is 0 Å². The van der Waals surface area contributed by atoms with Crippen molar-refractivity contribution in [2.24, 2.45) is 0 Å². The van der Waals surface area contributed by atoms with E-state index in [1.54, 1.807) is 0 Å². The number of carboxylic acids is 2. The summed E-state index contributed by atoms with van der Waals surface area (Å²) in [6, 6.07) is -0.938. The molecule has 6 nitrogen and oxygen atoms in total. The molecular formula is C9H9NO5S. The van der Waals surface area contributed by atoms with E-state index in [1.165, 1.54) is 22.7 Å². The highest BCUT2D eigenvalue weighted by atomic mass is 32.2. The third-order valence-electron chi connectivity index (χ3n) is 2.55. The number of amides is 1. The number of fused-ring (bicyclic) bond motifs is 1. The zero-order chi connectivity index (χ0) is 11.9. The molecule has 2 aliphatic heterocycles. The predicted octanol–water partition coefficient (Wildman–Crippen LogP) is -0.246. The third-order valence-corrected chi connectivity index (χ3v) is 3.99. The van der Waals surface area contributed by atoms with Gasteiger partial charge in [0.2, 0.25) is 5.91 Å². The van der Waals surface area contributed by atoms with Crippen LogP contribution in [0.1, 0.15) is 6.42 Å². The van der Waals surface area contributed by atoms with E-state index in [-0.39, 0.29) is 11.3 Å². The number of carbonyl (C=O) groups is 3. The van der Waals surface area contributed by atoms with E-state index < -0.39 is 23.2 Å². The molecule has 2 saturated heterocycles. The minimum absolute atomic E-state index is 0.114. The van der Waals surface area contributed by atoms with Gasteiger partial charge in [-0.15, -0.1) is 11.8 Å². The molecular weight excluding hydrogens is 234 g/mol. The molecule has 1 amide bonds. The van der Waals surface area contributed by atoms with Gasteiger partial charge in [-0.25, -0.2) is 9.59 Å². The smallest absolute Gasteiger partial charge is 0.328 e. The lowest BCUT2D eigenvalue weighted by Crippen LogP contribution is -2.55. The van der Waals surface area contributed by atoms with Crippen molar-refractivity contribution in [3.63, 3.8) is 0 Å². The molecule has 2 N–H and O–H groups in total. The normalized spacial score (nSPS) is 32.6. The Morgan fingerprint density at radius 2 is 2.12 bits per heavy atom. The number of carbonyl (C=O) groups excluding carboxylic acids is 1. The summed E-state index contributed by atoms with van der Waals surface area (Å²) in [4.78, 5) is 33.9. The molecule has 0 radical (unpaired) electrons. The maximum absolute atomic E-state index is 11.2. The zero-order valence-corrected chi connectivity index (χ0v) is 8.88. The first-order valence-electron chi connectivity index (χ1n) is 4.61. The van der Waals surface area contributed by atoms with Gasteiger partial charge in [0.1, 0.15) is 6.04 Å². The van der Waals surface area contributed by atoms with Gasteiger partial charge in [0.15, 0.2) is 0 Å². The first kappa shape index (κ1) is 11.0. The minimum Gasteiger partial charge on any atom is -0.480 e. The standard InChI is InChI=1S/C9H9NO5S/c11-5-3-6-10(5)8(9(14)15)4(16-6)1-2-7(12)13/h1-2,4,6,8H,3H2,(H,12,13)(H,14,15)/b2-1+/t4?,6-,8?/m1/s1.